The number of pyridine rings is 1. The highest BCUT2D eigenvalue weighted by Gasteiger charge is 2.14. The molecule has 0 N–H and O–H groups in total. The molecule has 140 valence electrons. The number of nitrogens with zero attached hydrogens (tertiary/aromatic N) is 3. The number of aromatic nitrogens is 3. The third kappa shape index (κ3) is 4.37. The molecular formula is C22H25N3O2. The van der Waals surface area contributed by atoms with E-state index in [1.807, 2.05) is 60.0 Å². The molecule has 5 nitrogen and oxygen atoms in total. The van der Waals surface area contributed by atoms with E-state index in [1.54, 1.807) is 13.4 Å². The molecule has 0 fully saturated rings. The van der Waals surface area contributed by atoms with Crippen molar-refractivity contribution in [2.45, 2.75) is 33.6 Å². The first kappa shape index (κ1) is 18.7. The molecule has 0 bridgehead atoms. The number of fused-ring (bicyclic) bond motifs is 1. The fourth-order valence-electron chi connectivity index (χ4n) is 2.84. The summed E-state index contributed by atoms with van der Waals surface area (Å²) in [6.45, 7) is 6.17. The van der Waals surface area contributed by atoms with Gasteiger partial charge in [-0.1, -0.05) is 30.7 Å². The monoisotopic (exact) mass is 363 g/mol. The van der Waals surface area contributed by atoms with Gasteiger partial charge in [-0.15, -0.1) is 0 Å². The van der Waals surface area contributed by atoms with Crippen LogP contribution in [0.4, 0.5) is 0 Å². The van der Waals surface area contributed by atoms with E-state index in [1.165, 1.54) is 5.56 Å². The zero-order valence-electron chi connectivity index (χ0n) is 16.3. The third-order valence-electron chi connectivity index (χ3n) is 4.22. The van der Waals surface area contributed by atoms with Gasteiger partial charge in [0.05, 0.1) is 18.5 Å². The molecule has 0 aliphatic carbocycles. The van der Waals surface area contributed by atoms with Crippen molar-refractivity contribution in [1.29, 1.82) is 0 Å². The van der Waals surface area contributed by atoms with E-state index in [0.29, 0.717) is 0 Å². The number of imidazole rings is 1. The summed E-state index contributed by atoms with van der Waals surface area (Å²) in [5, 5.41) is 0. The van der Waals surface area contributed by atoms with Crippen molar-refractivity contribution < 1.29 is 9.15 Å². The van der Waals surface area contributed by atoms with Crippen LogP contribution in [-0.2, 0) is 6.42 Å². The predicted octanol–water partition coefficient (Wildman–Crippen LogP) is 5.25. The molecule has 0 saturated carbocycles. The minimum Gasteiger partial charge on any atom is -0.497 e. The summed E-state index contributed by atoms with van der Waals surface area (Å²) in [7, 11) is 1.67. The first-order chi connectivity index (χ1) is 13.1. The SMILES string of the molecule is CCCc1nc(-c2c(C)nc3ccccn23)co1.COc1ccc(C)cc1. The molecule has 0 atom stereocenters. The van der Waals surface area contributed by atoms with Gasteiger partial charge in [0.25, 0.3) is 0 Å². The number of hydrogen-bond donors (Lipinski definition) is 0. The maximum Gasteiger partial charge on any atom is 0.194 e. The van der Waals surface area contributed by atoms with Crippen LogP contribution >= 0.6 is 0 Å². The molecule has 5 heteroatoms. The molecule has 0 saturated heterocycles. The number of rotatable bonds is 4. The summed E-state index contributed by atoms with van der Waals surface area (Å²) in [6, 6.07) is 13.9. The summed E-state index contributed by atoms with van der Waals surface area (Å²) >= 11 is 0. The molecule has 3 aromatic heterocycles. The zero-order valence-corrected chi connectivity index (χ0v) is 16.3. The molecule has 0 aliphatic rings. The molecule has 0 amide bonds. The molecule has 4 rings (SSSR count). The summed E-state index contributed by atoms with van der Waals surface area (Å²) < 4.78 is 12.5. The van der Waals surface area contributed by atoms with Crippen molar-refractivity contribution in [2.75, 3.05) is 7.11 Å². The number of benzene rings is 1. The highest BCUT2D eigenvalue weighted by atomic mass is 16.5. The van der Waals surface area contributed by atoms with E-state index in [2.05, 4.69) is 23.8 Å². The highest BCUT2D eigenvalue weighted by molar-refractivity contribution is 5.63. The second-order valence-electron chi connectivity index (χ2n) is 6.37. The fraction of sp³-hybridized carbons (Fsp3) is 0.273. The molecule has 3 heterocycles. The van der Waals surface area contributed by atoms with E-state index < -0.39 is 0 Å². The Bertz CT molecular complexity index is 1000. The molecule has 0 unspecified atom stereocenters. The van der Waals surface area contributed by atoms with Crippen LogP contribution in [0.1, 0.15) is 30.5 Å². The van der Waals surface area contributed by atoms with Gasteiger partial charge in [0, 0.05) is 12.6 Å². The Morgan fingerprint density at radius 2 is 1.81 bits per heavy atom. The van der Waals surface area contributed by atoms with Gasteiger partial charge in [-0.2, -0.15) is 0 Å². The second-order valence-corrected chi connectivity index (χ2v) is 6.37. The Balaban J connectivity index is 0.000000197. The molecule has 27 heavy (non-hydrogen) atoms. The van der Waals surface area contributed by atoms with Gasteiger partial charge in [-0.05, 0) is 44.5 Å². The van der Waals surface area contributed by atoms with Gasteiger partial charge < -0.3 is 9.15 Å². The first-order valence-corrected chi connectivity index (χ1v) is 9.11. The highest BCUT2D eigenvalue weighted by Crippen LogP contribution is 2.24. The van der Waals surface area contributed by atoms with Crippen LogP contribution in [-0.4, -0.2) is 21.5 Å². The Labute approximate surface area is 159 Å². The van der Waals surface area contributed by atoms with Crippen molar-refractivity contribution in [1.82, 2.24) is 14.4 Å². The quantitative estimate of drug-likeness (QED) is 0.497. The van der Waals surface area contributed by atoms with Crippen LogP contribution in [0.3, 0.4) is 0 Å². The van der Waals surface area contributed by atoms with E-state index in [9.17, 15) is 0 Å². The maximum atomic E-state index is 5.48. The predicted molar refractivity (Wildman–Crippen MR) is 107 cm³/mol. The Hall–Kier alpha value is -3.08. The average Bonchev–Trinajstić information content (AvgIpc) is 3.26. The van der Waals surface area contributed by atoms with Crippen molar-refractivity contribution >= 4 is 5.65 Å². The number of hydrogen-bond acceptors (Lipinski definition) is 4. The van der Waals surface area contributed by atoms with Crippen molar-refractivity contribution in [3.63, 3.8) is 0 Å². The minimum atomic E-state index is 0.790. The molecule has 4 aromatic rings. The lowest BCUT2D eigenvalue weighted by molar-refractivity contribution is 0.414. The topological polar surface area (TPSA) is 52.6 Å². The van der Waals surface area contributed by atoms with Crippen molar-refractivity contribution in [2.24, 2.45) is 0 Å². The molecule has 1 aromatic carbocycles. The van der Waals surface area contributed by atoms with Crippen molar-refractivity contribution in [3.8, 4) is 17.1 Å². The van der Waals surface area contributed by atoms with Gasteiger partial charge in [-0.25, -0.2) is 9.97 Å². The lowest BCUT2D eigenvalue weighted by Crippen LogP contribution is -1.89. The number of ether oxygens (including phenoxy) is 1. The lowest BCUT2D eigenvalue weighted by atomic mass is 10.2. The smallest absolute Gasteiger partial charge is 0.194 e. The minimum absolute atomic E-state index is 0.790. The van der Waals surface area contributed by atoms with Gasteiger partial charge in [0.1, 0.15) is 23.4 Å². The van der Waals surface area contributed by atoms with E-state index in [-0.39, 0.29) is 0 Å². The summed E-state index contributed by atoms with van der Waals surface area (Å²) in [5.41, 5.74) is 5.03. The van der Waals surface area contributed by atoms with Gasteiger partial charge >= 0.3 is 0 Å². The maximum absolute atomic E-state index is 5.48. The Morgan fingerprint density at radius 1 is 1.04 bits per heavy atom. The standard InChI is InChI=1S/C14H15N3O.C8H10O/c1-3-6-13-16-11(9-18-13)14-10(2)15-12-7-4-5-8-17(12)14;1-7-3-5-8(9-2)6-4-7/h4-5,7-9H,3,6H2,1-2H3;3-6H,1-2H3. The number of methoxy groups -OCH3 is 1. The fourth-order valence-corrected chi connectivity index (χ4v) is 2.84. The number of aryl methyl sites for hydroxylation is 3. The van der Waals surface area contributed by atoms with Crippen LogP contribution in [0.15, 0.2) is 59.3 Å². The van der Waals surface area contributed by atoms with Crippen LogP contribution in [0.2, 0.25) is 0 Å². The largest absolute Gasteiger partial charge is 0.497 e. The van der Waals surface area contributed by atoms with E-state index in [4.69, 9.17) is 9.15 Å². The first-order valence-electron chi connectivity index (χ1n) is 9.11. The van der Waals surface area contributed by atoms with Crippen LogP contribution in [0, 0.1) is 13.8 Å². The lowest BCUT2D eigenvalue weighted by Gasteiger charge is -1.97. The molecule has 0 spiro atoms. The van der Waals surface area contributed by atoms with Crippen LogP contribution in [0.25, 0.3) is 17.0 Å². The second kappa shape index (κ2) is 8.54. The average molecular weight is 363 g/mol. The van der Waals surface area contributed by atoms with Crippen molar-refractivity contribution in [3.05, 3.63) is 72.1 Å². The zero-order chi connectivity index (χ0) is 19.2. The number of oxazole rings is 1. The van der Waals surface area contributed by atoms with E-state index >= 15 is 0 Å². The normalized spacial score (nSPS) is 10.5. The summed E-state index contributed by atoms with van der Waals surface area (Å²) in [5.74, 6) is 1.71. The summed E-state index contributed by atoms with van der Waals surface area (Å²) in [4.78, 5) is 9.05. The van der Waals surface area contributed by atoms with Crippen LogP contribution < -0.4 is 4.74 Å². The Morgan fingerprint density at radius 3 is 2.52 bits per heavy atom. The van der Waals surface area contributed by atoms with E-state index in [0.717, 1.165) is 47.2 Å². The molecule has 0 radical (unpaired) electrons. The Kier molecular flexibility index (Phi) is 5.91. The molecular weight excluding hydrogens is 338 g/mol. The third-order valence-corrected chi connectivity index (χ3v) is 4.22. The van der Waals surface area contributed by atoms with Gasteiger partial charge in [-0.3, -0.25) is 4.40 Å². The van der Waals surface area contributed by atoms with Crippen LogP contribution in [0.5, 0.6) is 5.75 Å². The molecule has 0 aliphatic heterocycles. The van der Waals surface area contributed by atoms with Gasteiger partial charge in [0.2, 0.25) is 0 Å². The van der Waals surface area contributed by atoms with Gasteiger partial charge in [0.15, 0.2) is 5.89 Å². The summed E-state index contributed by atoms with van der Waals surface area (Å²) in [6.07, 6.45) is 5.62.